The Hall–Kier alpha value is -1.24. The molecule has 3 heteroatoms. The lowest BCUT2D eigenvalue weighted by atomic mass is 9.67. The van der Waals surface area contributed by atoms with Crippen LogP contribution in [-0.2, 0) is 9.47 Å². The van der Waals surface area contributed by atoms with Gasteiger partial charge in [0.25, 0.3) is 0 Å². The molecular weight excluding hydrogens is 379 g/mol. The largest absolute Gasteiger partial charge is 0.353 e. The van der Waals surface area contributed by atoms with Gasteiger partial charge in [0.2, 0.25) is 0 Å². The average molecular weight is 420 g/mol. The van der Waals surface area contributed by atoms with Crippen LogP contribution < -0.4 is 5.46 Å². The van der Waals surface area contributed by atoms with Crippen molar-refractivity contribution in [3.05, 3.63) is 29.8 Å². The normalized spacial score (nSPS) is 34.0. The standard InChI is InChI=1S/C28H41BO2/c1-2-5-22-7-11-24(12-8-22)25-16-19-28(20-17-25,31-27-6-3-4-21-30-27)18-15-23-9-13-26(29)14-10-23/h9-10,13-14,22,24-25,27H,2-8,11-12,16-17,19-21,29H2,1H3. The summed E-state index contributed by atoms with van der Waals surface area (Å²) in [5.41, 5.74) is 2.04. The Morgan fingerprint density at radius 1 is 0.968 bits per heavy atom. The quantitative estimate of drug-likeness (QED) is 0.471. The minimum Gasteiger partial charge on any atom is -0.353 e. The predicted molar refractivity (Wildman–Crippen MR) is 131 cm³/mol. The van der Waals surface area contributed by atoms with E-state index in [2.05, 4.69) is 50.9 Å². The maximum atomic E-state index is 6.65. The van der Waals surface area contributed by atoms with Crippen LogP contribution >= 0.6 is 0 Å². The van der Waals surface area contributed by atoms with Crippen LogP contribution in [0.4, 0.5) is 0 Å². The summed E-state index contributed by atoms with van der Waals surface area (Å²) in [6, 6.07) is 8.56. The maximum Gasteiger partial charge on any atom is 0.159 e. The molecule has 1 saturated heterocycles. The maximum absolute atomic E-state index is 6.65. The summed E-state index contributed by atoms with van der Waals surface area (Å²) in [6.45, 7) is 3.16. The van der Waals surface area contributed by atoms with Gasteiger partial charge in [0, 0.05) is 12.2 Å². The number of benzene rings is 1. The Bertz CT molecular complexity index is 725. The van der Waals surface area contributed by atoms with Crippen LogP contribution in [0.5, 0.6) is 0 Å². The molecule has 0 radical (unpaired) electrons. The molecular formula is C28H41BO2. The van der Waals surface area contributed by atoms with Crippen LogP contribution in [0.25, 0.3) is 0 Å². The topological polar surface area (TPSA) is 18.5 Å². The third-order valence-electron chi connectivity index (χ3n) is 8.07. The van der Waals surface area contributed by atoms with Crippen molar-refractivity contribution in [3.63, 3.8) is 0 Å². The van der Waals surface area contributed by atoms with Crippen LogP contribution in [0.2, 0.25) is 0 Å². The van der Waals surface area contributed by atoms with Gasteiger partial charge in [0.05, 0.1) is 0 Å². The lowest BCUT2D eigenvalue weighted by molar-refractivity contribution is -0.217. The molecule has 168 valence electrons. The molecule has 0 bridgehead atoms. The Labute approximate surface area is 191 Å². The zero-order valence-electron chi connectivity index (χ0n) is 19.8. The Balaban J connectivity index is 1.41. The molecule has 1 atom stereocenters. The summed E-state index contributed by atoms with van der Waals surface area (Å²) in [5.74, 6) is 9.87. The van der Waals surface area contributed by atoms with Gasteiger partial charge in [-0.1, -0.05) is 62.0 Å². The molecule has 31 heavy (non-hydrogen) atoms. The molecule has 2 nitrogen and oxygen atoms in total. The second kappa shape index (κ2) is 11.1. The van der Waals surface area contributed by atoms with E-state index in [1.807, 2.05) is 0 Å². The third-order valence-corrected chi connectivity index (χ3v) is 8.07. The minimum absolute atomic E-state index is 0.0675. The first-order chi connectivity index (χ1) is 15.2. The second-order valence-corrected chi connectivity index (χ2v) is 10.4. The van der Waals surface area contributed by atoms with Crippen molar-refractivity contribution >= 4 is 13.3 Å². The zero-order chi connectivity index (χ0) is 21.5. The number of hydrogen-bond donors (Lipinski definition) is 0. The lowest BCUT2D eigenvalue weighted by Crippen LogP contribution is -2.42. The Morgan fingerprint density at radius 2 is 1.68 bits per heavy atom. The molecule has 4 rings (SSSR count). The second-order valence-electron chi connectivity index (χ2n) is 10.4. The summed E-state index contributed by atoms with van der Waals surface area (Å²) >= 11 is 0. The van der Waals surface area contributed by atoms with Gasteiger partial charge in [-0.15, -0.1) is 0 Å². The number of rotatable bonds is 5. The third kappa shape index (κ3) is 6.39. The molecule has 1 heterocycles. The number of hydrogen-bond acceptors (Lipinski definition) is 2. The molecule has 1 unspecified atom stereocenters. The molecule has 0 amide bonds. The molecule has 3 fully saturated rings. The van der Waals surface area contributed by atoms with Crippen LogP contribution in [0, 0.1) is 29.6 Å². The van der Waals surface area contributed by atoms with Gasteiger partial charge in [0.15, 0.2) is 6.29 Å². The van der Waals surface area contributed by atoms with E-state index in [-0.39, 0.29) is 11.9 Å². The first-order valence-corrected chi connectivity index (χ1v) is 13.0. The first-order valence-electron chi connectivity index (χ1n) is 13.0. The van der Waals surface area contributed by atoms with E-state index in [0.717, 1.165) is 55.6 Å². The van der Waals surface area contributed by atoms with E-state index in [9.17, 15) is 0 Å². The summed E-state index contributed by atoms with van der Waals surface area (Å²) in [5, 5.41) is 0. The van der Waals surface area contributed by atoms with E-state index in [4.69, 9.17) is 9.47 Å². The van der Waals surface area contributed by atoms with Crippen molar-refractivity contribution in [3.8, 4) is 11.8 Å². The van der Waals surface area contributed by atoms with Crippen LogP contribution in [0.3, 0.4) is 0 Å². The molecule has 0 N–H and O–H groups in total. The van der Waals surface area contributed by atoms with Gasteiger partial charge < -0.3 is 9.47 Å². The van der Waals surface area contributed by atoms with Crippen molar-refractivity contribution in [2.75, 3.05) is 6.61 Å². The molecule has 2 saturated carbocycles. The first kappa shape index (κ1) is 22.9. The fourth-order valence-electron chi connectivity index (χ4n) is 6.09. The fraction of sp³-hybridized carbons (Fsp3) is 0.714. The summed E-state index contributed by atoms with van der Waals surface area (Å²) < 4.78 is 12.6. The van der Waals surface area contributed by atoms with E-state index in [0.29, 0.717) is 0 Å². The molecule has 3 aliphatic rings. The Morgan fingerprint density at radius 3 is 2.32 bits per heavy atom. The zero-order valence-corrected chi connectivity index (χ0v) is 19.8. The van der Waals surface area contributed by atoms with Crippen LogP contribution in [0.1, 0.15) is 96.0 Å². The highest BCUT2D eigenvalue weighted by molar-refractivity contribution is 6.32. The van der Waals surface area contributed by atoms with Crippen molar-refractivity contribution in [2.45, 2.75) is 102 Å². The SMILES string of the molecule is Bc1ccc(C#CC2(OC3CCCCO3)CCC(C3CCC(CCC)CC3)CC2)cc1. The molecule has 1 aromatic carbocycles. The summed E-state index contributed by atoms with van der Waals surface area (Å²) in [6.07, 6.45) is 16.5. The van der Waals surface area contributed by atoms with Crippen molar-refractivity contribution in [1.82, 2.24) is 0 Å². The van der Waals surface area contributed by atoms with Crippen molar-refractivity contribution in [1.29, 1.82) is 0 Å². The van der Waals surface area contributed by atoms with E-state index in [1.54, 1.807) is 0 Å². The van der Waals surface area contributed by atoms with E-state index >= 15 is 0 Å². The highest BCUT2D eigenvalue weighted by Crippen LogP contribution is 2.44. The highest BCUT2D eigenvalue weighted by atomic mass is 16.7. The average Bonchev–Trinajstić information content (AvgIpc) is 2.81. The van der Waals surface area contributed by atoms with Gasteiger partial charge in [-0.3, -0.25) is 0 Å². The van der Waals surface area contributed by atoms with Crippen LogP contribution in [-0.4, -0.2) is 26.3 Å². The predicted octanol–water partition coefficient (Wildman–Crippen LogP) is 5.38. The lowest BCUT2D eigenvalue weighted by Gasteiger charge is -2.43. The minimum atomic E-state index is -0.331. The molecule has 0 spiro atoms. The summed E-state index contributed by atoms with van der Waals surface area (Å²) in [7, 11) is 2.12. The monoisotopic (exact) mass is 420 g/mol. The molecule has 2 aliphatic carbocycles. The Kier molecular flexibility index (Phi) is 8.19. The van der Waals surface area contributed by atoms with Crippen molar-refractivity contribution in [2.24, 2.45) is 17.8 Å². The highest BCUT2D eigenvalue weighted by Gasteiger charge is 2.40. The molecule has 1 aliphatic heterocycles. The fourth-order valence-corrected chi connectivity index (χ4v) is 6.09. The van der Waals surface area contributed by atoms with Gasteiger partial charge in [0.1, 0.15) is 13.4 Å². The summed E-state index contributed by atoms with van der Waals surface area (Å²) in [4.78, 5) is 0. The number of ether oxygens (including phenoxy) is 2. The molecule has 0 aromatic heterocycles. The van der Waals surface area contributed by atoms with E-state index < -0.39 is 0 Å². The van der Waals surface area contributed by atoms with Gasteiger partial charge in [-0.25, -0.2) is 0 Å². The van der Waals surface area contributed by atoms with Gasteiger partial charge in [-0.2, -0.15) is 0 Å². The van der Waals surface area contributed by atoms with Gasteiger partial charge >= 0.3 is 0 Å². The van der Waals surface area contributed by atoms with E-state index in [1.165, 1.54) is 63.3 Å². The van der Waals surface area contributed by atoms with Gasteiger partial charge in [-0.05, 0) is 87.7 Å². The molecule has 1 aromatic rings. The van der Waals surface area contributed by atoms with Crippen LogP contribution in [0.15, 0.2) is 24.3 Å². The smallest absolute Gasteiger partial charge is 0.159 e. The van der Waals surface area contributed by atoms with Crippen molar-refractivity contribution < 1.29 is 9.47 Å².